The second-order valence-electron chi connectivity index (χ2n) is 7.87. The van der Waals surface area contributed by atoms with Crippen molar-refractivity contribution in [1.29, 1.82) is 0 Å². The lowest BCUT2D eigenvalue weighted by molar-refractivity contribution is 0.0729. The number of aliphatic hydroxyl groups is 1. The molecule has 1 atom stereocenters. The van der Waals surface area contributed by atoms with E-state index in [4.69, 9.17) is 9.47 Å². The van der Waals surface area contributed by atoms with E-state index in [0.29, 0.717) is 25.5 Å². The zero-order valence-corrected chi connectivity index (χ0v) is 19.9. The maximum absolute atomic E-state index is 13.2. The Bertz CT molecular complexity index is 1060. The number of aliphatic hydroxyl groups excluding tert-OH is 1. The summed E-state index contributed by atoms with van der Waals surface area (Å²) in [5.74, 6) is 0.221. The highest BCUT2D eigenvalue weighted by Crippen LogP contribution is 2.30. The van der Waals surface area contributed by atoms with Crippen molar-refractivity contribution in [3.63, 3.8) is 0 Å². The molecule has 0 bridgehead atoms. The molecule has 1 saturated heterocycles. The average Bonchev–Trinajstić information content (AvgIpc) is 2.78. The van der Waals surface area contributed by atoms with Gasteiger partial charge in [-0.1, -0.05) is 29.3 Å². The number of urea groups is 1. The number of anilines is 1. The first kappa shape index (κ1) is 25.0. The molecule has 0 spiro atoms. The van der Waals surface area contributed by atoms with Gasteiger partial charge in [-0.15, -0.1) is 0 Å². The Morgan fingerprint density at radius 1 is 1.15 bits per heavy atom. The number of rotatable bonds is 8. The minimum atomic E-state index is -3.84. The second kappa shape index (κ2) is 11.0. The molecule has 1 unspecified atom stereocenters. The van der Waals surface area contributed by atoms with Crippen molar-refractivity contribution in [2.75, 3.05) is 44.8 Å². The van der Waals surface area contributed by atoms with Crippen LogP contribution in [-0.2, 0) is 14.8 Å². The molecule has 33 heavy (non-hydrogen) atoms. The molecule has 0 aliphatic carbocycles. The van der Waals surface area contributed by atoms with Gasteiger partial charge in [-0.3, -0.25) is 0 Å². The van der Waals surface area contributed by atoms with Crippen LogP contribution >= 0.6 is 0 Å². The molecule has 1 fully saturated rings. The number of hydrogen-bond acceptors (Lipinski definition) is 6. The monoisotopic (exact) mass is 477 g/mol. The molecular weight excluding hydrogens is 446 g/mol. The Morgan fingerprint density at radius 2 is 1.82 bits per heavy atom. The molecule has 0 radical (unpaired) electrons. The van der Waals surface area contributed by atoms with Crippen molar-refractivity contribution >= 4 is 21.7 Å². The average molecular weight is 478 g/mol. The molecule has 0 saturated carbocycles. The third-order valence-corrected chi connectivity index (χ3v) is 7.14. The van der Waals surface area contributed by atoms with E-state index in [1.807, 2.05) is 32.0 Å². The minimum Gasteiger partial charge on any atom is -0.492 e. The Labute approximate surface area is 194 Å². The molecule has 3 rings (SSSR count). The SMILES string of the molecule is CCOc1ccc(NC(=O)NC(CO)c2cc(C)cc(C)c2)cc1S(=O)(=O)N1CCOCC1. The van der Waals surface area contributed by atoms with Crippen molar-refractivity contribution in [2.45, 2.75) is 31.7 Å². The number of carbonyl (C=O) groups is 1. The second-order valence-corrected chi connectivity index (χ2v) is 9.77. The number of benzene rings is 2. The van der Waals surface area contributed by atoms with E-state index in [9.17, 15) is 18.3 Å². The highest BCUT2D eigenvalue weighted by Gasteiger charge is 2.30. The number of hydrogen-bond donors (Lipinski definition) is 3. The molecule has 10 heteroatoms. The number of aryl methyl sites for hydroxylation is 2. The summed E-state index contributed by atoms with van der Waals surface area (Å²) in [7, 11) is -3.84. The van der Waals surface area contributed by atoms with E-state index in [1.165, 1.54) is 16.4 Å². The van der Waals surface area contributed by atoms with Gasteiger partial charge < -0.3 is 25.2 Å². The minimum absolute atomic E-state index is 0.0166. The maximum Gasteiger partial charge on any atom is 0.319 e. The predicted molar refractivity (Wildman–Crippen MR) is 125 cm³/mol. The summed E-state index contributed by atoms with van der Waals surface area (Å²) in [6.07, 6.45) is 0. The fraction of sp³-hybridized carbons (Fsp3) is 0.435. The molecule has 2 aromatic rings. The lowest BCUT2D eigenvalue weighted by atomic mass is 10.0. The largest absolute Gasteiger partial charge is 0.492 e. The summed E-state index contributed by atoms with van der Waals surface area (Å²) >= 11 is 0. The Hall–Kier alpha value is -2.66. The maximum atomic E-state index is 13.2. The number of nitrogens with zero attached hydrogens (tertiary/aromatic N) is 1. The molecule has 2 amide bonds. The summed E-state index contributed by atoms with van der Waals surface area (Å²) in [5.41, 5.74) is 3.12. The molecule has 180 valence electrons. The fourth-order valence-corrected chi connectivity index (χ4v) is 5.32. The first-order valence-electron chi connectivity index (χ1n) is 10.9. The van der Waals surface area contributed by atoms with Crippen LogP contribution < -0.4 is 15.4 Å². The van der Waals surface area contributed by atoms with Crippen molar-refractivity contribution in [2.24, 2.45) is 0 Å². The van der Waals surface area contributed by atoms with Crippen molar-refractivity contribution in [3.8, 4) is 5.75 Å². The van der Waals surface area contributed by atoms with Crippen molar-refractivity contribution in [3.05, 3.63) is 53.1 Å². The highest BCUT2D eigenvalue weighted by atomic mass is 32.2. The van der Waals surface area contributed by atoms with Crippen LogP contribution in [0.2, 0.25) is 0 Å². The molecule has 2 aromatic carbocycles. The van der Waals surface area contributed by atoms with Crippen molar-refractivity contribution < 1.29 is 27.8 Å². The standard InChI is InChI=1S/C23H31N3O6S/c1-4-32-21-6-5-19(14-22(21)33(29,30)26-7-9-31-10-8-26)24-23(28)25-20(15-27)18-12-16(2)11-17(3)13-18/h5-6,11-14,20,27H,4,7-10,15H2,1-3H3,(H2,24,25,28). The molecule has 1 heterocycles. The summed E-state index contributed by atoms with van der Waals surface area (Å²) in [6, 6.07) is 9.13. The molecule has 1 aliphatic rings. The van der Waals surface area contributed by atoms with E-state index in [0.717, 1.165) is 16.7 Å². The summed E-state index contributed by atoms with van der Waals surface area (Å²) in [5, 5.41) is 15.2. The number of morpholine rings is 1. The molecule has 1 aliphatic heterocycles. The van der Waals surface area contributed by atoms with Crippen LogP contribution in [0.4, 0.5) is 10.5 Å². The quantitative estimate of drug-likeness (QED) is 0.538. The normalized spacial score (nSPS) is 15.6. The zero-order chi connectivity index (χ0) is 24.0. The number of amides is 2. The topological polar surface area (TPSA) is 117 Å². The van der Waals surface area contributed by atoms with Gasteiger partial charge in [0.1, 0.15) is 10.6 Å². The van der Waals surface area contributed by atoms with E-state index in [2.05, 4.69) is 10.6 Å². The van der Waals surface area contributed by atoms with Crippen molar-refractivity contribution in [1.82, 2.24) is 9.62 Å². The van der Waals surface area contributed by atoms with Gasteiger partial charge in [0.15, 0.2) is 0 Å². The zero-order valence-electron chi connectivity index (χ0n) is 19.1. The van der Waals surface area contributed by atoms with E-state index in [-0.39, 0.29) is 30.3 Å². The Balaban J connectivity index is 1.81. The molecule has 9 nitrogen and oxygen atoms in total. The van der Waals surface area contributed by atoms with E-state index in [1.54, 1.807) is 13.0 Å². The number of ether oxygens (including phenoxy) is 2. The van der Waals surface area contributed by atoms with E-state index >= 15 is 0 Å². The lowest BCUT2D eigenvalue weighted by Gasteiger charge is -2.27. The first-order chi connectivity index (χ1) is 15.7. The van der Waals surface area contributed by atoms with Gasteiger partial charge in [0, 0.05) is 18.8 Å². The molecular formula is C23H31N3O6S. The van der Waals surface area contributed by atoms with Gasteiger partial charge in [0.25, 0.3) is 0 Å². The first-order valence-corrected chi connectivity index (χ1v) is 12.3. The lowest BCUT2D eigenvalue weighted by Crippen LogP contribution is -2.40. The third kappa shape index (κ3) is 6.23. The van der Waals surface area contributed by atoms with Gasteiger partial charge in [-0.2, -0.15) is 4.31 Å². The highest BCUT2D eigenvalue weighted by molar-refractivity contribution is 7.89. The smallest absolute Gasteiger partial charge is 0.319 e. The fourth-order valence-electron chi connectivity index (χ4n) is 3.76. The number of carbonyl (C=O) groups excluding carboxylic acids is 1. The summed E-state index contributed by atoms with van der Waals surface area (Å²) in [4.78, 5) is 12.6. The number of nitrogens with one attached hydrogen (secondary N) is 2. The Morgan fingerprint density at radius 3 is 2.42 bits per heavy atom. The van der Waals surface area contributed by atoms with Gasteiger partial charge >= 0.3 is 6.03 Å². The van der Waals surface area contributed by atoms with Crippen LogP contribution in [0.5, 0.6) is 5.75 Å². The van der Waals surface area contributed by atoms with Gasteiger partial charge in [-0.05, 0) is 44.5 Å². The molecule has 0 aromatic heterocycles. The van der Waals surface area contributed by atoms with E-state index < -0.39 is 22.1 Å². The molecule has 3 N–H and O–H groups in total. The number of sulfonamides is 1. The van der Waals surface area contributed by atoms with Gasteiger partial charge in [0.05, 0.1) is 32.5 Å². The van der Waals surface area contributed by atoms with Crippen LogP contribution in [0.3, 0.4) is 0 Å². The summed E-state index contributed by atoms with van der Waals surface area (Å²) < 4.78 is 38.6. The Kier molecular flexibility index (Phi) is 8.30. The van der Waals surface area contributed by atoms with Crippen LogP contribution in [0.1, 0.15) is 29.7 Å². The summed E-state index contributed by atoms with van der Waals surface area (Å²) in [6.45, 7) is 6.83. The predicted octanol–water partition coefficient (Wildman–Crippen LogP) is 2.58. The van der Waals surface area contributed by atoms with Crippen LogP contribution in [-0.4, -0.2) is 63.4 Å². The van der Waals surface area contributed by atoms with Gasteiger partial charge in [-0.25, -0.2) is 13.2 Å². The van der Waals surface area contributed by atoms with Gasteiger partial charge in [0.2, 0.25) is 10.0 Å². The van der Waals surface area contributed by atoms with Crippen LogP contribution in [0, 0.1) is 13.8 Å². The van der Waals surface area contributed by atoms with Crippen LogP contribution in [0.15, 0.2) is 41.3 Å². The van der Waals surface area contributed by atoms with Crippen LogP contribution in [0.25, 0.3) is 0 Å². The third-order valence-electron chi connectivity index (χ3n) is 5.22.